The van der Waals surface area contributed by atoms with Crippen LogP contribution in [0.3, 0.4) is 0 Å². The lowest BCUT2D eigenvalue weighted by atomic mass is 10.1. The Bertz CT molecular complexity index is 794. The molecule has 0 unspecified atom stereocenters. The number of piperidine rings is 1. The largest absolute Gasteiger partial charge is 0.467 e. The van der Waals surface area contributed by atoms with Crippen molar-refractivity contribution >= 4 is 17.7 Å². The molecule has 1 aromatic carbocycles. The van der Waals surface area contributed by atoms with Gasteiger partial charge in [-0.2, -0.15) is 15.0 Å². The molecule has 1 fully saturated rings. The lowest BCUT2D eigenvalue weighted by Crippen LogP contribution is -2.33. The predicted octanol–water partition coefficient (Wildman–Crippen LogP) is 2.47. The number of carbonyl (C=O) groups is 1. The molecule has 3 rings (SSSR count). The second-order valence-electron chi connectivity index (χ2n) is 5.99. The highest BCUT2D eigenvalue weighted by Crippen LogP contribution is 2.19. The molecule has 8 nitrogen and oxygen atoms in total. The van der Waals surface area contributed by atoms with E-state index in [4.69, 9.17) is 4.74 Å². The Hall–Kier alpha value is -3.04. The van der Waals surface area contributed by atoms with Gasteiger partial charge in [0.25, 0.3) is 0 Å². The van der Waals surface area contributed by atoms with Gasteiger partial charge in [0, 0.05) is 13.1 Å². The summed E-state index contributed by atoms with van der Waals surface area (Å²) in [6.45, 7) is 1.63. The SMILES string of the molecule is COc1nc(CNC(=O)Nc2c(F)cccc2F)nc(N2CCCCC2)n1. The fourth-order valence-corrected chi connectivity index (χ4v) is 2.73. The van der Waals surface area contributed by atoms with Crippen LogP contribution in [-0.4, -0.2) is 41.2 Å². The van der Waals surface area contributed by atoms with Crippen molar-refractivity contribution < 1.29 is 18.3 Å². The molecule has 144 valence electrons. The van der Waals surface area contributed by atoms with Gasteiger partial charge in [0.1, 0.15) is 17.3 Å². The number of amides is 2. The average molecular weight is 378 g/mol. The Morgan fingerprint density at radius 3 is 2.52 bits per heavy atom. The van der Waals surface area contributed by atoms with E-state index >= 15 is 0 Å². The molecule has 2 N–H and O–H groups in total. The highest BCUT2D eigenvalue weighted by molar-refractivity contribution is 5.89. The number of carbonyl (C=O) groups excluding carboxylic acids is 1. The van der Waals surface area contributed by atoms with Gasteiger partial charge >= 0.3 is 12.0 Å². The maximum absolute atomic E-state index is 13.6. The number of halogens is 2. The molecule has 0 spiro atoms. The number of benzene rings is 1. The summed E-state index contributed by atoms with van der Waals surface area (Å²) in [7, 11) is 1.44. The molecule has 0 aliphatic carbocycles. The molecule has 0 radical (unpaired) electrons. The van der Waals surface area contributed by atoms with Crippen LogP contribution in [0.5, 0.6) is 6.01 Å². The van der Waals surface area contributed by atoms with E-state index in [2.05, 4.69) is 25.6 Å². The summed E-state index contributed by atoms with van der Waals surface area (Å²) in [5.41, 5.74) is -0.516. The van der Waals surface area contributed by atoms with Crippen molar-refractivity contribution in [1.82, 2.24) is 20.3 Å². The molecule has 0 bridgehead atoms. The summed E-state index contributed by atoms with van der Waals surface area (Å²) in [5, 5.41) is 4.62. The molecule has 10 heteroatoms. The number of hydrogen-bond donors (Lipinski definition) is 2. The van der Waals surface area contributed by atoms with Crippen molar-refractivity contribution in [1.29, 1.82) is 0 Å². The van der Waals surface area contributed by atoms with Gasteiger partial charge in [-0.1, -0.05) is 6.07 Å². The third kappa shape index (κ3) is 4.78. The van der Waals surface area contributed by atoms with Crippen molar-refractivity contribution in [3.63, 3.8) is 0 Å². The molecule has 0 saturated carbocycles. The van der Waals surface area contributed by atoms with Crippen LogP contribution in [-0.2, 0) is 6.54 Å². The summed E-state index contributed by atoms with van der Waals surface area (Å²) in [6, 6.07) is 2.69. The van der Waals surface area contributed by atoms with E-state index in [0.29, 0.717) is 5.95 Å². The van der Waals surface area contributed by atoms with Crippen molar-refractivity contribution in [2.24, 2.45) is 0 Å². The Kier molecular flexibility index (Phi) is 5.94. The number of methoxy groups -OCH3 is 1. The van der Waals surface area contributed by atoms with Crippen LogP contribution in [0, 0.1) is 11.6 Å². The van der Waals surface area contributed by atoms with E-state index in [-0.39, 0.29) is 18.4 Å². The quantitative estimate of drug-likeness (QED) is 0.830. The minimum Gasteiger partial charge on any atom is -0.467 e. The summed E-state index contributed by atoms with van der Waals surface area (Å²) in [5.74, 6) is -0.954. The van der Waals surface area contributed by atoms with E-state index in [1.807, 2.05) is 4.90 Å². The maximum atomic E-state index is 13.6. The summed E-state index contributed by atoms with van der Waals surface area (Å²) in [6.07, 6.45) is 3.27. The zero-order valence-corrected chi connectivity index (χ0v) is 14.8. The summed E-state index contributed by atoms with van der Waals surface area (Å²) in [4.78, 5) is 26.7. The molecule has 27 heavy (non-hydrogen) atoms. The average Bonchev–Trinajstić information content (AvgIpc) is 2.69. The maximum Gasteiger partial charge on any atom is 0.321 e. The van der Waals surface area contributed by atoms with E-state index in [0.717, 1.165) is 38.1 Å². The Labute approximate surface area is 155 Å². The van der Waals surface area contributed by atoms with Crippen LogP contribution in [0.4, 0.5) is 25.2 Å². The van der Waals surface area contributed by atoms with Crippen LogP contribution >= 0.6 is 0 Å². The van der Waals surface area contributed by atoms with Crippen LogP contribution in [0.1, 0.15) is 25.1 Å². The molecule has 1 aromatic heterocycles. The number of rotatable bonds is 5. The number of hydrogen-bond acceptors (Lipinski definition) is 6. The molecule has 0 atom stereocenters. The predicted molar refractivity (Wildman–Crippen MR) is 94.7 cm³/mol. The molecule has 2 heterocycles. The minimum atomic E-state index is -0.862. The highest BCUT2D eigenvalue weighted by Gasteiger charge is 2.17. The van der Waals surface area contributed by atoms with Gasteiger partial charge < -0.3 is 20.3 Å². The number of para-hydroxylation sites is 1. The van der Waals surface area contributed by atoms with Gasteiger partial charge in [-0.15, -0.1) is 0 Å². The normalized spacial score (nSPS) is 14.0. The van der Waals surface area contributed by atoms with E-state index in [1.165, 1.54) is 19.6 Å². The molecule has 1 aliphatic rings. The number of anilines is 2. The molecule has 1 aliphatic heterocycles. The monoisotopic (exact) mass is 378 g/mol. The topological polar surface area (TPSA) is 92.3 Å². The fourth-order valence-electron chi connectivity index (χ4n) is 2.73. The standard InChI is InChI=1S/C17H20F2N6O2/c1-27-17-22-13(21-15(24-17)25-8-3-2-4-9-25)10-20-16(26)23-14-11(18)6-5-7-12(14)19/h5-7H,2-4,8-10H2,1H3,(H2,20,23,26). The molecular formula is C17H20F2N6O2. The third-order valence-corrected chi connectivity index (χ3v) is 4.08. The van der Waals surface area contributed by atoms with Crippen LogP contribution in [0.15, 0.2) is 18.2 Å². The minimum absolute atomic E-state index is 0.0539. The zero-order chi connectivity index (χ0) is 19.2. The van der Waals surface area contributed by atoms with Gasteiger partial charge in [-0.05, 0) is 31.4 Å². The van der Waals surface area contributed by atoms with Crippen LogP contribution in [0.2, 0.25) is 0 Å². The lowest BCUT2D eigenvalue weighted by molar-refractivity contribution is 0.251. The Morgan fingerprint density at radius 2 is 1.85 bits per heavy atom. The number of nitrogens with zero attached hydrogens (tertiary/aromatic N) is 4. The number of urea groups is 1. The van der Waals surface area contributed by atoms with Crippen molar-refractivity contribution in [3.8, 4) is 6.01 Å². The van der Waals surface area contributed by atoms with Crippen molar-refractivity contribution in [2.45, 2.75) is 25.8 Å². The van der Waals surface area contributed by atoms with E-state index < -0.39 is 23.4 Å². The van der Waals surface area contributed by atoms with E-state index in [9.17, 15) is 13.6 Å². The number of ether oxygens (including phenoxy) is 1. The smallest absolute Gasteiger partial charge is 0.321 e. The molecular weight excluding hydrogens is 358 g/mol. The lowest BCUT2D eigenvalue weighted by Gasteiger charge is -2.26. The molecule has 2 aromatic rings. The summed E-state index contributed by atoms with van der Waals surface area (Å²) < 4.78 is 32.3. The molecule has 1 saturated heterocycles. The first kappa shape index (κ1) is 18.7. The number of aromatic nitrogens is 3. The second kappa shape index (κ2) is 8.56. The van der Waals surface area contributed by atoms with Gasteiger partial charge in [0.05, 0.1) is 13.7 Å². The van der Waals surface area contributed by atoms with E-state index in [1.54, 1.807) is 0 Å². The van der Waals surface area contributed by atoms with Gasteiger partial charge in [-0.3, -0.25) is 0 Å². The highest BCUT2D eigenvalue weighted by atomic mass is 19.1. The van der Waals surface area contributed by atoms with Crippen molar-refractivity contribution in [3.05, 3.63) is 35.7 Å². The van der Waals surface area contributed by atoms with Crippen LogP contribution < -0.4 is 20.3 Å². The van der Waals surface area contributed by atoms with Gasteiger partial charge in [0.2, 0.25) is 5.95 Å². The first-order chi connectivity index (χ1) is 13.1. The summed E-state index contributed by atoms with van der Waals surface area (Å²) >= 11 is 0. The Morgan fingerprint density at radius 1 is 1.15 bits per heavy atom. The van der Waals surface area contributed by atoms with Crippen LogP contribution in [0.25, 0.3) is 0 Å². The van der Waals surface area contributed by atoms with Gasteiger partial charge in [0.15, 0.2) is 5.82 Å². The van der Waals surface area contributed by atoms with Crippen molar-refractivity contribution in [2.75, 3.05) is 30.4 Å². The van der Waals surface area contributed by atoms with Gasteiger partial charge in [-0.25, -0.2) is 13.6 Å². The zero-order valence-electron chi connectivity index (χ0n) is 14.8. The second-order valence-corrected chi connectivity index (χ2v) is 5.99. The third-order valence-electron chi connectivity index (χ3n) is 4.08. The fraction of sp³-hybridized carbons (Fsp3) is 0.412. The number of nitrogens with one attached hydrogen (secondary N) is 2. The molecule has 2 amide bonds. The Balaban J connectivity index is 1.67. The first-order valence-corrected chi connectivity index (χ1v) is 8.59. The first-order valence-electron chi connectivity index (χ1n) is 8.59.